The molecule has 0 aliphatic carbocycles. The number of fused-ring (bicyclic) bond motifs is 2. The van der Waals surface area contributed by atoms with Gasteiger partial charge in [-0.25, -0.2) is 0 Å². The van der Waals surface area contributed by atoms with Crippen molar-refractivity contribution in [2.24, 2.45) is 0 Å². The summed E-state index contributed by atoms with van der Waals surface area (Å²) in [5.74, 6) is -2.76. The van der Waals surface area contributed by atoms with E-state index >= 15 is 0 Å². The van der Waals surface area contributed by atoms with Crippen LogP contribution >= 0.6 is 0 Å². The van der Waals surface area contributed by atoms with Crippen LogP contribution < -0.4 is 16.0 Å². The number of anilines is 1. The van der Waals surface area contributed by atoms with Crippen LogP contribution in [-0.4, -0.2) is 64.4 Å². The third-order valence-corrected chi connectivity index (χ3v) is 8.88. The van der Waals surface area contributed by atoms with Crippen molar-refractivity contribution in [3.63, 3.8) is 0 Å². The van der Waals surface area contributed by atoms with Crippen LogP contribution in [0.1, 0.15) is 45.8 Å². The van der Waals surface area contributed by atoms with Gasteiger partial charge in [0.15, 0.2) is 0 Å². The molecule has 9 heteroatoms. The standard InChI is InChI=1S/C37H36N4O5/c42-24-37(23-25-13-4-1-5-14-25)36(46)38-29-20-11-10-19-28(29)33(43)39-32(35(45)41-22-12-21-30(41)34(44)40-37)31(26-15-6-2-7-16-26)27-17-8-3-9-18-27/h1-11,13-20,30-32,42H,12,21-24H2,(H,38,46)(H,39,43)(H,40,44)/t30-,32-,37-/m0/s1. The van der Waals surface area contributed by atoms with Crippen molar-refractivity contribution in [3.8, 4) is 0 Å². The highest BCUT2D eigenvalue weighted by atomic mass is 16.3. The Kier molecular flexibility index (Phi) is 8.94. The molecule has 2 aliphatic rings. The lowest BCUT2D eigenvalue weighted by molar-refractivity contribution is -0.142. The zero-order valence-electron chi connectivity index (χ0n) is 25.3. The summed E-state index contributed by atoms with van der Waals surface area (Å²) in [6, 6.07) is 32.6. The second kappa shape index (κ2) is 13.4. The normalized spacial score (nSPS) is 22.0. The molecule has 4 aromatic carbocycles. The van der Waals surface area contributed by atoms with Crippen molar-refractivity contribution in [2.45, 2.75) is 42.8 Å². The highest BCUT2D eigenvalue weighted by Crippen LogP contribution is 2.32. The zero-order chi connectivity index (χ0) is 32.1. The number of benzene rings is 4. The van der Waals surface area contributed by atoms with Crippen LogP contribution in [0.3, 0.4) is 0 Å². The van der Waals surface area contributed by atoms with Crippen LogP contribution in [0.15, 0.2) is 115 Å². The third kappa shape index (κ3) is 6.14. The first-order chi connectivity index (χ1) is 22.4. The highest BCUT2D eigenvalue weighted by molar-refractivity contribution is 6.09. The van der Waals surface area contributed by atoms with E-state index in [4.69, 9.17) is 0 Å². The molecule has 3 atom stereocenters. The van der Waals surface area contributed by atoms with E-state index in [-0.39, 0.29) is 17.7 Å². The molecule has 4 N–H and O–H groups in total. The van der Waals surface area contributed by atoms with E-state index in [0.717, 1.165) is 16.7 Å². The Morgan fingerprint density at radius 2 is 1.37 bits per heavy atom. The summed E-state index contributed by atoms with van der Waals surface area (Å²) in [5.41, 5.74) is 0.913. The molecule has 0 saturated carbocycles. The van der Waals surface area contributed by atoms with Gasteiger partial charge in [-0.15, -0.1) is 0 Å². The summed E-state index contributed by atoms with van der Waals surface area (Å²) >= 11 is 0. The van der Waals surface area contributed by atoms with E-state index in [1.165, 1.54) is 4.90 Å². The second-order valence-electron chi connectivity index (χ2n) is 11.8. The van der Waals surface area contributed by atoms with Crippen LogP contribution in [0.25, 0.3) is 0 Å². The summed E-state index contributed by atoms with van der Waals surface area (Å²) in [7, 11) is 0. The molecule has 234 valence electrons. The minimum Gasteiger partial charge on any atom is -0.393 e. The molecule has 6 rings (SSSR count). The Hall–Kier alpha value is -5.28. The van der Waals surface area contributed by atoms with Crippen molar-refractivity contribution in [1.82, 2.24) is 15.5 Å². The molecule has 0 aromatic heterocycles. The molecule has 4 aromatic rings. The fourth-order valence-corrected chi connectivity index (χ4v) is 6.53. The minimum atomic E-state index is -1.77. The van der Waals surface area contributed by atoms with Gasteiger partial charge in [-0.3, -0.25) is 19.2 Å². The molecule has 1 fully saturated rings. The maximum absolute atomic E-state index is 14.7. The average Bonchev–Trinajstić information content (AvgIpc) is 3.59. The van der Waals surface area contributed by atoms with Gasteiger partial charge in [0.05, 0.1) is 17.9 Å². The van der Waals surface area contributed by atoms with Crippen molar-refractivity contribution >= 4 is 29.3 Å². The summed E-state index contributed by atoms with van der Waals surface area (Å²) in [6.45, 7) is -0.408. The molecule has 0 bridgehead atoms. The van der Waals surface area contributed by atoms with Crippen LogP contribution in [0, 0.1) is 0 Å². The van der Waals surface area contributed by atoms with E-state index in [9.17, 15) is 24.3 Å². The van der Waals surface area contributed by atoms with Gasteiger partial charge in [0.2, 0.25) is 11.8 Å². The highest BCUT2D eigenvalue weighted by Gasteiger charge is 2.46. The number of hydrogen-bond donors (Lipinski definition) is 4. The van der Waals surface area contributed by atoms with Crippen LogP contribution in [0.4, 0.5) is 5.69 Å². The largest absolute Gasteiger partial charge is 0.393 e. The Morgan fingerprint density at radius 1 is 0.783 bits per heavy atom. The number of amides is 4. The first-order valence-corrected chi connectivity index (χ1v) is 15.5. The molecular weight excluding hydrogens is 580 g/mol. The van der Waals surface area contributed by atoms with Gasteiger partial charge in [0.1, 0.15) is 17.6 Å². The Bertz CT molecular complexity index is 1680. The SMILES string of the molecule is O=C1N[C@@H](C(c2ccccc2)c2ccccc2)C(=O)N2CCC[C@H]2C(=O)N[C@](CO)(Cc2ccccc2)C(=O)Nc2ccccc21. The van der Waals surface area contributed by atoms with Gasteiger partial charge < -0.3 is 26.0 Å². The number of hydrogen-bond acceptors (Lipinski definition) is 5. The fourth-order valence-electron chi connectivity index (χ4n) is 6.53. The fraction of sp³-hybridized carbons (Fsp3) is 0.243. The molecule has 0 unspecified atom stereocenters. The zero-order valence-corrected chi connectivity index (χ0v) is 25.3. The number of carbonyl (C=O) groups excluding carboxylic acids is 4. The number of rotatable bonds is 6. The van der Waals surface area contributed by atoms with E-state index in [2.05, 4.69) is 16.0 Å². The monoisotopic (exact) mass is 616 g/mol. The topological polar surface area (TPSA) is 128 Å². The van der Waals surface area contributed by atoms with Gasteiger partial charge in [-0.1, -0.05) is 103 Å². The van der Waals surface area contributed by atoms with Crippen LogP contribution in [-0.2, 0) is 20.8 Å². The molecule has 0 radical (unpaired) electrons. The Morgan fingerprint density at radius 3 is 2.00 bits per heavy atom. The molecule has 2 heterocycles. The number of para-hydroxylation sites is 1. The molecule has 46 heavy (non-hydrogen) atoms. The van der Waals surface area contributed by atoms with Crippen LogP contribution in [0.2, 0.25) is 0 Å². The van der Waals surface area contributed by atoms with Crippen LogP contribution in [0.5, 0.6) is 0 Å². The molecule has 2 aliphatic heterocycles. The van der Waals surface area contributed by atoms with Gasteiger partial charge in [-0.05, 0) is 41.7 Å². The first-order valence-electron chi connectivity index (χ1n) is 15.5. The quantitative estimate of drug-likeness (QED) is 0.263. The molecular formula is C37H36N4O5. The molecule has 1 saturated heterocycles. The summed E-state index contributed by atoms with van der Waals surface area (Å²) in [5, 5.41) is 19.5. The summed E-state index contributed by atoms with van der Waals surface area (Å²) < 4.78 is 0. The van der Waals surface area contributed by atoms with Gasteiger partial charge in [0, 0.05) is 18.9 Å². The van der Waals surface area contributed by atoms with Gasteiger partial charge in [-0.2, -0.15) is 0 Å². The predicted molar refractivity (Wildman–Crippen MR) is 174 cm³/mol. The third-order valence-electron chi connectivity index (χ3n) is 8.88. The number of nitrogens with zero attached hydrogens (tertiary/aromatic N) is 1. The predicted octanol–water partition coefficient (Wildman–Crippen LogP) is 3.65. The lowest BCUT2D eigenvalue weighted by Crippen LogP contribution is -2.64. The average molecular weight is 617 g/mol. The number of aliphatic hydroxyl groups excluding tert-OH is 1. The lowest BCUT2D eigenvalue weighted by Gasteiger charge is -2.36. The lowest BCUT2D eigenvalue weighted by atomic mass is 9.84. The number of nitrogens with one attached hydrogen (secondary N) is 3. The van der Waals surface area contributed by atoms with E-state index in [1.807, 2.05) is 91.0 Å². The number of carbonyl (C=O) groups is 4. The van der Waals surface area contributed by atoms with Crippen molar-refractivity contribution in [3.05, 3.63) is 138 Å². The van der Waals surface area contributed by atoms with Gasteiger partial charge in [0.25, 0.3) is 11.8 Å². The molecule has 9 nitrogen and oxygen atoms in total. The summed E-state index contributed by atoms with van der Waals surface area (Å²) in [6.07, 6.45) is 0.920. The maximum atomic E-state index is 14.7. The number of aliphatic hydroxyl groups is 1. The second-order valence-corrected chi connectivity index (χ2v) is 11.8. The van der Waals surface area contributed by atoms with Gasteiger partial charge >= 0.3 is 0 Å². The van der Waals surface area contributed by atoms with Crippen molar-refractivity contribution in [2.75, 3.05) is 18.5 Å². The maximum Gasteiger partial charge on any atom is 0.254 e. The van der Waals surface area contributed by atoms with Crippen molar-refractivity contribution < 1.29 is 24.3 Å². The Labute approximate surface area is 267 Å². The van der Waals surface area contributed by atoms with E-state index < -0.39 is 53.8 Å². The van der Waals surface area contributed by atoms with E-state index in [0.29, 0.717) is 19.4 Å². The minimum absolute atomic E-state index is 0.0103. The summed E-state index contributed by atoms with van der Waals surface area (Å²) in [4.78, 5) is 58.5. The smallest absolute Gasteiger partial charge is 0.254 e. The molecule has 4 amide bonds. The Balaban J connectivity index is 1.49. The van der Waals surface area contributed by atoms with Crippen molar-refractivity contribution in [1.29, 1.82) is 0 Å². The first kappa shape index (κ1) is 30.7. The van der Waals surface area contributed by atoms with E-state index in [1.54, 1.807) is 24.3 Å². The molecule has 0 spiro atoms.